The molecule has 2 N–H and O–H groups in total. The van der Waals surface area contributed by atoms with Gasteiger partial charge in [0.25, 0.3) is 0 Å². The van der Waals surface area contributed by atoms with E-state index in [1.165, 1.54) is 44.3 Å². The third kappa shape index (κ3) is 3.22. The standard InChI is InChI=1S/C13H19BrN2/c14-12-6-5-11(9-13(12)15)10-16-7-3-1-2-4-8-16/h5-6,9H,1-4,7-8,10,15H2. The first-order chi connectivity index (χ1) is 7.75. The van der Waals surface area contributed by atoms with Crippen molar-refractivity contribution in [2.75, 3.05) is 18.8 Å². The summed E-state index contributed by atoms with van der Waals surface area (Å²) in [6.45, 7) is 3.50. The van der Waals surface area contributed by atoms with E-state index in [0.717, 1.165) is 16.7 Å². The van der Waals surface area contributed by atoms with E-state index < -0.39 is 0 Å². The maximum Gasteiger partial charge on any atom is 0.0461 e. The maximum absolute atomic E-state index is 5.89. The summed E-state index contributed by atoms with van der Waals surface area (Å²) in [5.41, 5.74) is 8.05. The summed E-state index contributed by atoms with van der Waals surface area (Å²) in [5, 5.41) is 0. The highest BCUT2D eigenvalue weighted by Crippen LogP contribution is 2.21. The Labute approximate surface area is 106 Å². The number of halogens is 1. The van der Waals surface area contributed by atoms with Crippen LogP contribution in [-0.2, 0) is 6.54 Å². The van der Waals surface area contributed by atoms with Crippen LogP contribution in [-0.4, -0.2) is 18.0 Å². The minimum Gasteiger partial charge on any atom is -0.398 e. The highest BCUT2D eigenvalue weighted by atomic mass is 79.9. The quantitative estimate of drug-likeness (QED) is 0.843. The lowest BCUT2D eigenvalue weighted by atomic mass is 10.2. The molecule has 0 spiro atoms. The molecule has 1 heterocycles. The van der Waals surface area contributed by atoms with Crippen LogP contribution in [0.2, 0.25) is 0 Å². The van der Waals surface area contributed by atoms with Crippen LogP contribution in [0.15, 0.2) is 22.7 Å². The van der Waals surface area contributed by atoms with Crippen molar-refractivity contribution in [1.82, 2.24) is 4.90 Å². The Kier molecular flexibility index (Phi) is 4.24. The molecule has 0 aromatic heterocycles. The fourth-order valence-corrected chi connectivity index (χ4v) is 2.49. The highest BCUT2D eigenvalue weighted by Gasteiger charge is 2.09. The first-order valence-electron chi connectivity index (χ1n) is 6.02. The second-order valence-corrected chi connectivity index (χ2v) is 5.40. The smallest absolute Gasteiger partial charge is 0.0461 e. The van der Waals surface area contributed by atoms with Gasteiger partial charge in [-0.3, -0.25) is 4.90 Å². The van der Waals surface area contributed by atoms with Crippen molar-refractivity contribution in [2.45, 2.75) is 32.2 Å². The average molecular weight is 283 g/mol. The van der Waals surface area contributed by atoms with Crippen LogP contribution in [0.5, 0.6) is 0 Å². The molecule has 1 aromatic carbocycles. The monoisotopic (exact) mass is 282 g/mol. The minimum absolute atomic E-state index is 0.840. The Morgan fingerprint density at radius 2 is 1.81 bits per heavy atom. The predicted molar refractivity (Wildman–Crippen MR) is 72.3 cm³/mol. The number of hydrogen-bond acceptors (Lipinski definition) is 2. The number of anilines is 1. The van der Waals surface area contributed by atoms with Gasteiger partial charge in [-0.25, -0.2) is 0 Å². The molecule has 1 saturated heterocycles. The Morgan fingerprint density at radius 3 is 2.44 bits per heavy atom. The summed E-state index contributed by atoms with van der Waals surface area (Å²) in [6.07, 6.45) is 5.45. The molecule has 0 aliphatic carbocycles. The lowest BCUT2D eigenvalue weighted by Crippen LogP contribution is -2.23. The number of nitrogens with zero attached hydrogens (tertiary/aromatic N) is 1. The van der Waals surface area contributed by atoms with E-state index >= 15 is 0 Å². The summed E-state index contributed by atoms with van der Waals surface area (Å²) < 4.78 is 0.993. The zero-order valence-electron chi connectivity index (χ0n) is 9.58. The molecule has 2 nitrogen and oxygen atoms in total. The summed E-state index contributed by atoms with van der Waals surface area (Å²) in [5.74, 6) is 0. The minimum atomic E-state index is 0.840. The van der Waals surface area contributed by atoms with Gasteiger partial charge in [0.15, 0.2) is 0 Å². The van der Waals surface area contributed by atoms with Gasteiger partial charge in [-0.1, -0.05) is 18.9 Å². The normalized spacial score (nSPS) is 18.3. The van der Waals surface area contributed by atoms with Gasteiger partial charge in [-0.15, -0.1) is 0 Å². The Balaban J connectivity index is 1.99. The van der Waals surface area contributed by atoms with E-state index in [0.29, 0.717) is 0 Å². The molecule has 0 saturated carbocycles. The molecule has 2 rings (SSSR count). The van der Waals surface area contributed by atoms with Crippen LogP contribution in [0.25, 0.3) is 0 Å². The topological polar surface area (TPSA) is 29.3 Å². The Morgan fingerprint density at radius 1 is 1.12 bits per heavy atom. The molecule has 3 heteroatoms. The van der Waals surface area contributed by atoms with Gasteiger partial charge >= 0.3 is 0 Å². The molecule has 0 radical (unpaired) electrons. The number of likely N-dealkylation sites (tertiary alicyclic amines) is 1. The van der Waals surface area contributed by atoms with E-state index in [-0.39, 0.29) is 0 Å². The third-order valence-electron chi connectivity index (χ3n) is 3.17. The van der Waals surface area contributed by atoms with Crippen LogP contribution in [0.1, 0.15) is 31.2 Å². The highest BCUT2D eigenvalue weighted by molar-refractivity contribution is 9.10. The molecule has 0 bridgehead atoms. The molecular weight excluding hydrogens is 264 g/mol. The predicted octanol–water partition coefficient (Wildman–Crippen LogP) is 3.41. The van der Waals surface area contributed by atoms with Gasteiger partial charge in [-0.05, 0) is 59.6 Å². The molecule has 0 atom stereocenters. The second-order valence-electron chi connectivity index (χ2n) is 4.55. The first kappa shape index (κ1) is 11.9. The molecule has 1 fully saturated rings. The lowest BCUT2D eigenvalue weighted by molar-refractivity contribution is 0.277. The van der Waals surface area contributed by atoms with Crippen molar-refractivity contribution >= 4 is 21.6 Å². The van der Waals surface area contributed by atoms with Gasteiger partial charge in [-0.2, -0.15) is 0 Å². The van der Waals surface area contributed by atoms with Gasteiger partial charge in [0.05, 0.1) is 0 Å². The maximum atomic E-state index is 5.89. The zero-order chi connectivity index (χ0) is 11.4. The molecule has 0 amide bonds. The molecule has 1 aromatic rings. The van der Waals surface area contributed by atoms with Crippen molar-refractivity contribution < 1.29 is 0 Å². The number of nitrogens with two attached hydrogens (primary N) is 1. The number of hydrogen-bond donors (Lipinski definition) is 1. The average Bonchev–Trinajstić information content (AvgIpc) is 2.52. The van der Waals surface area contributed by atoms with Crippen molar-refractivity contribution in [3.8, 4) is 0 Å². The lowest BCUT2D eigenvalue weighted by Gasteiger charge is -2.20. The third-order valence-corrected chi connectivity index (χ3v) is 3.89. The number of nitrogen functional groups attached to an aromatic ring is 1. The van der Waals surface area contributed by atoms with Crippen LogP contribution >= 0.6 is 15.9 Å². The molecule has 16 heavy (non-hydrogen) atoms. The molecule has 0 unspecified atom stereocenters. The van der Waals surface area contributed by atoms with Gasteiger partial charge in [0.2, 0.25) is 0 Å². The van der Waals surface area contributed by atoms with Crippen molar-refractivity contribution in [2.24, 2.45) is 0 Å². The van der Waals surface area contributed by atoms with Crippen molar-refractivity contribution in [3.63, 3.8) is 0 Å². The number of rotatable bonds is 2. The largest absolute Gasteiger partial charge is 0.398 e. The summed E-state index contributed by atoms with van der Waals surface area (Å²) in [7, 11) is 0. The van der Waals surface area contributed by atoms with Gasteiger partial charge in [0, 0.05) is 16.7 Å². The van der Waals surface area contributed by atoms with E-state index in [1.807, 2.05) is 6.07 Å². The van der Waals surface area contributed by atoms with Crippen molar-refractivity contribution in [3.05, 3.63) is 28.2 Å². The van der Waals surface area contributed by atoms with Gasteiger partial charge < -0.3 is 5.73 Å². The summed E-state index contributed by atoms with van der Waals surface area (Å²) >= 11 is 3.43. The van der Waals surface area contributed by atoms with E-state index in [2.05, 4.69) is 33.0 Å². The second kappa shape index (κ2) is 5.69. The fraction of sp³-hybridized carbons (Fsp3) is 0.538. The van der Waals surface area contributed by atoms with E-state index in [9.17, 15) is 0 Å². The van der Waals surface area contributed by atoms with Crippen LogP contribution in [0.4, 0.5) is 5.69 Å². The van der Waals surface area contributed by atoms with Gasteiger partial charge in [0.1, 0.15) is 0 Å². The molecule has 88 valence electrons. The van der Waals surface area contributed by atoms with E-state index in [1.54, 1.807) is 0 Å². The summed E-state index contributed by atoms with van der Waals surface area (Å²) in [6, 6.07) is 6.28. The van der Waals surface area contributed by atoms with Crippen LogP contribution in [0, 0.1) is 0 Å². The van der Waals surface area contributed by atoms with Crippen LogP contribution in [0.3, 0.4) is 0 Å². The SMILES string of the molecule is Nc1cc(CN2CCCCCC2)ccc1Br. The number of benzene rings is 1. The summed E-state index contributed by atoms with van der Waals surface area (Å²) in [4.78, 5) is 2.54. The van der Waals surface area contributed by atoms with Crippen molar-refractivity contribution in [1.29, 1.82) is 0 Å². The first-order valence-corrected chi connectivity index (χ1v) is 6.81. The Bertz CT molecular complexity index is 344. The van der Waals surface area contributed by atoms with Crippen LogP contribution < -0.4 is 5.73 Å². The molecule has 1 aliphatic rings. The fourth-order valence-electron chi connectivity index (χ4n) is 2.24. The molecule has 1 aliphatic heterocycles. The Hall–Kier alpha value is -0.540. The zero-order valence-corrected chi connectivity index (χ0v) is 11.2. The van der Waals surface area contributed by atoms with E-state index in [4.69, 9.17) is 5.73 Å². The molecular formula is C13H19BrN2.